The molecular formula is C19H30N4O2. The standard InChI is InChI=1S/C19H30N4O2/c1-15-5-3-4-13-23(15)14-12-21-19(25)20-11-10-17-6-8-18(9-7-17)22-16(2)24/h6-9,15H,3-5,10-14H2,1-2H3,(H,22,24)(H2,20,21,25). The Balaban J connectivity index is 1.59. The number of carbonyl (C=O) groups is 2. The highest BCUT2D eigenvalue weighted by molar-refractivity contribution is 5.88. The minimum absolute atomic E-state index is 0.0787. The Morgan fingerprint density at radius 3 is 2.52 bits per heavy atom. The van der Waals surface area contributed by atoms with Crippen molar-refractivity contribution >= 4 is 17.6 Å². The van der Waals surface area contributed by atoms with Gasteiger partial charge in [0, 0.05) is 38.3 Å². The van der Waals surface area contributed by atoms with Crippen LogP contribution in [0.1, 0.15) is 38.7 Å². The summed E-state index contributed by atoms with van der Waals surface area (Å²) in [6, 6.07) is 8.18. The fourth-order valence-electron chi connectivity index (χ4n) is 3.14. The molecule has 0 bridgehead atoms. The molecule has 3 amide bonds. The number of amides is 3. The molecule has 1 aliphatic heterocycles. The van der Waals surface area contributed by atoms with E-state index in [-0.39, 0.29) is 11.9 Å². The lowest BCUT2D eigenvalue weighted by atomic mass is 10.0. The summed E-state index contributed by atoms with van der Waals surface area (Å²) in [5.74, 6) is -0.0787. The molecule has 6 heteroatoms. The van der Waals surface area contributed by atoms with Crippen LogP contribution in [0.15, 0.2) is 24.3 Å². The number of hydrogen-bond donors (Lipinski definition) is 3. The van der Waals surface area contributed by atoms with Crippen molar-refractivity contribution in [3.05, 3.63) is 29.8 Å². The fourth-order valence-corrected chi connectivity index (χ4v) is 3.14. The van der Waals surface area contributed by atoms with Crippen LogP contribution in [0.25, 0.3) is 0 Å². The van der Waals surface area contributed by atoms with Gasteiger partial charge in [-0.2, -0.15) is 0 Å². The first-order chi connectivity index (χ1) is 12.0. The molecule has 1 saturated heterocycles. The van der Waals surface area contributed by atoms with E-state index in [0.29, 0.717) is 19.1 Å². The summed E-state index contributed by atoms with van der Waals surface area (Å²) in [4.78, 5) is 25.3. The van der Waals surface area contributed by atoms with Crippen molar-refractivity contribution in [2.24, 2.45) is 0 Å². The predicted molar refractivity (Wildman–Crippen MR) is 101 cm³/mol. The molecule has 1 aliphatic rings. The van der Waals surface area contributed by atoms with Crippen LogP contribution in [-0.2, 0) is 11.2 Å². The predicted octanol–water partition coefficient (Wildman–Crippen LogP) is 2.36. The quantitative estimate of drug-likeness (QED) is 0.710. The average Bonchev–Trinajstić information content (AvgIpc) is 2.58. The van der Waals surface area contributed by atoms with E-state index in [1.54, 1.807) is 0 Å². The summed E-state index contributed by atoms with van der Waals surface area (Å²) in [6.45, 7) is 7.07. The van der Waals surface area contributed by atoms with Crippen LogP contribution in [0, 0.1) is 0 Å². The summed E-state index contributed by atoms with van der Waals surface area (Å²) < 4.78 is 0. The van der Waals surface area contributed by atoms with Gasteiger partial charge in [-0.15, -0.1) is 0 Å². The fraction of sp³-hybridized carbons (Fsp3) is 0.579. The van der Waals surface area contributed by atoms with E-state index in [1.807, 2.05) is 24.3 Å². The molecule has 0 saturated carbocycles. The van der Waals surface area contributed by atoms with Gasteiger partial charge in [-0.05, 0) is 50.4 Å². The molecule has 0 spiro atoms. The Hall–Kier alpha value is -2.08. The van der Waals surface area contributed by atoms with Gasteiger partial charge in [0.25, 0.3) is 0 Å². The molecular weight excluding hydrogens is 316 g/mol. The summed E-state index contributed by atoms with van der Waals surface area (Å²) in [7, 11) is 0. The maximum absolute atomic E-state index is 11.8. The number of hydrogen-bond acceptors (Lipinski definition) is 3. The smallest absolute Gasteiger partial charge is 0.314 e. The number of urea groups is 1. The van der Waals surface area contributed by atoms with Gasteiger partial charge < -0.3 is 16.0 Å². The van der Waals surface area contributed by atoms with Crippen molar-refractivity contribution in [1.29, 1.82) is 0 Å². The van der Waals surface area contributed by atoms with Gasteiger partial charge in [0.2, 0.25) is 5.91 Å². The van der Waals surface area contributed by atoms with E-state index in [0.717, 1.165) is 30.8 Å². The molecule has 0 aromatic heterocycles. The number of rotatable bonds is 7. The Kier molecular flexibility index (Phi) is 7.73. The Bertz CT molecular complexity index is 559. The van der Waals surface area contributed by atoms with Crippen LogP contribution < -0.4 is 16.0 Å². The first-order valence-corrected chi connectivity index (χ1v) is 9.17. The molecule has 1 heterocycles. The number of likely N-dealkylation sites (tertiary alicyclic amines) is 1. The molecule has 1 atom stereocenters. The van der Waals surface area contributed by atoms with Crippen LogP contribution >= 0.6 is 0 Å². The maximum atomic E-state index is 11.8. The number of anilines is 1. The molecule has 138 valence electrons. The topological polar surface area (TPSA) is 73.5 Å². The first kappa shape index (κ1) is 19.2. The van der Waals surface area contributed by atoms with E-state index in [1.165, 1.54) is 26.2 Å². The van der Waals surface area contributed by atoms with Crippen molar-refractivity contribution in [2.45, 2.75) is 45.6 Å². The number of nitrogens with one attached hydrogen (secondary N) is 3. The van der Waals surface area contributed by atoms with Gasteiger partial charge in [-0.1, -0.05) is 18.6 Å². The zero-order valence-electron chi connectivity index (χ0n) is 15.3. The highest BCUT2D eigenvalue weighted by Crippen LogP contribution is 2.15. The van der Waals surface area contributed by atoms with Gasteiger partial charge in [0.15, 0.2) is 0 Å². The average molecular weight is 346 g/mol. The minimum Gasteiger partial charge on any atom is -0.338 e. The molecule has 1 fully saturated rings. The van der Waals surface area contributed by atoms with Gasteiger partial charge >= 0.3 is 6.03 Å². The molecule has 1 aromatic carbocycles. The third kappa shape index (κ3) is 7.13. The minimum atomic E-state index is -0.112. The molecule has 0 aliphatic carbocycles. The summed E-state index contributed by atoms with van der Waals surface area (Å²) in [5, 5.41) is 8.55. The van der Waals surface area contributed by atoms with Gasteiger partial charge in [-0.25, -0.2) is 4.79 Å². The Labute approximate surface area is 150 Å². The van der Waals surface area contributed by atoms with Gasteiger partial charge in [0.1, 0.15) is 0 Å². The number of carbonyl (C=O) groups excluding carboxylic acids is 2. The van der Waals surface area contributed by atoms with E-state index in [2.05, 4.69) is 27.8 Å². The highest BCUT2D eigenvalue weighted by atomic mass is 16.2. The van der Waals surface area contributed by atoms with E-state index in [4.69, 9.17) is 0 Å². The van der Waals surface area contributed by atoms with E-state index in [9.17, 15) is 9.59 Å². The largest absolute Gasteiger partial charge is 0.338 e. The molecule has 1 unspecified atom stereocenters. The summed E-state index contributed by atoms with van der Waals surface area (Å²) >= 11 is 0. The Morgan fingerprint density at radius 1 is 1.12 bits per heavy atom. The van der Waals surface area contributed by atoms with Gasteiger partial charge in [-0.3, -0.25) is 9.69 Å². The van der Waals surface area contributed by atoms with Gasteiger partial charge in [0.05, 0.1) is 0 Å². The Morgan fingerprint density at radius 2 is 1.84 bits per heavy atom. The normalized spacial score (nSPS) is 17.8. The van der Waals surface area contributed by atoms with Crippen molar-refractivity contribution < 1.29 is 9.59 Å². The van der Waals surface area contributed by atoms with Crippen LogP contribution in [0.2, 0.25) is 0 Å². The van der Waals surface area contributed by atoms with Crippen molar-refractivity contribution in [3.63, 3.8) is 0 Å². The lowest BCUT2D eigenvalue weighted by molar-refractivity contribution is -0.114. The second-order valence-electron chi connectivity index (χ2n) is 6.69. The molecule has 2 rings (SSSR count). The van der Waals surface area contributed by atoms with E-state index < -0.39 is 0 Å². The lowest BCUT2D eigenvalue weighted by Crippen LogP contribution is -2.44. The number of benzene rings is 1. The SMILES string of the molecule is CC(=O)Nc1ccc(CCNC(=O)NCCN2CCCCC2C)cc1. The first-order valence-electron chi connectivity index (χ1n) is 9.17. The molecule has 0 radical (unpaired) electrons. The number of piperidine rings is 1. The zero-order chi connectivity index (χ0) is 18.1. The van der Waals surface area contributed by atoms with Crippen LogP contribution in [0.5, 0.6) is 0 Å². The lowest BCUT2D eigenvalue weighted by Gasteiger charge is -2.33. The van der Waals surface area contributed by atoms with Crippen molar-refractivity contribution in [2.75, 3.05) is 31.5 Å². The van der Waals surface area contributed by atoms with Crippen molar-refractivity contribution in [3.8, 4) is 0 Å². The molecule has 25 heavy (non-hydrogen) atoms. The van der Waals surface area contributed by atoms with Crippen LogP contribution in [-0.4, -0.2) is 49.1 Å². The molecule has 3 N–H and O–H groups in total. The second-order valence-corrected chi connectivity index (χ2v) is 6.69. The van der Waals surface area contributed by atoms with Crippen molar-refractivity contribution in [1.82, 2.24) is 15.5 Å². The van der Waals surface area contributed by atoms with Crippen LogP contribution in [0.4, 0.5) is 10.5 Å². The summed E-state index contributed by atoms with van der Waals surface area (Å²) in [5.41, 5.74) is 1.91. The maximum Gasteiger partial charge on any atom is 0.314 e. The number of nitrogens with zero attached hydrogens (tertiary/aromatic N) is 1. The highest BCUT2D eigenvalue weighted by Gasteiger charge is 2.17. The molecule has 6 nitrogen and oxygen atoms in total. The monoisotopic (exact) mass is 346 g/mol. The zero-order valence-corrected chi connectivity index (χ0v) is 15.3. The second kappa shape index (κ2) is 10.0. The van der Waals surface area contributed by atoms with Crippen LogP contribution in [0.3, 0.4) is 0 Å². The summed E-state index contributed by atoms with van der Waals surface area (Å²) in [6.07, 6.45) is 4.60. The molecule has 1 aromatic rings. The van der Waals surface area contributed by atoms with E-state index >= 15 is 0 Å². The third-order valence-corrected chi connectivity index (χ3v) is 4.60. The third-order valence-electron chi connectivity index (χ3n) is 4.60.